The van der Waals surface area contributed by atoms with Crippen molar-refractivity contribution in [3.05, 3.63) is 65.9 Å². The number of anilines is 5. The molecule has 1 heterocycles. The Labute approximate surface area is 159 Å². The molecule has 0 aliphatic heterocycles. The summed E-state index contributed by atoms with van der Waals surface area (Å²) in [4.78, 5) is 20.2. The summed E-state index contributed by atoms with van der Waals surface area (Å²) < 4.78 is 0. The molecule has 0 aliphatic carbocycles. The molecule has 0 aliphatic rings. The van der Waals surface area contributed by atoms with Crippen molar-refractivity contribution in [3.8, 4) is 0 Å². The average Bonchev–Trinajstić information content (AvgIpc) is 2.61. The second kappa shape index (κ2) is 8.31. The summed E-state index contributed by atoms with van der Waals surface area (Å²) in [6.45, 7) is 5.54. The summed E-state index contributed by atoms with van der Waals surface area (Å²) >= 11 is 0. The molecule has 0 fully saturated rings. The highest BCUT2D eigenvalue weighted by Crippen LogP contribution is 2.21. The molecular weight excluding hydrogens is 338 g/mol. The van der Waals surface area contributed by atoms with Gasteiger partial charge in [0.2, 0.25) is 11.9 Å². The van der Waals surface area contributed by atoms with Gasteiger partial charge in [0.15, 0.2) is 0 Å². The second-order valence-corrected chi connectivity index (χ2v) is 6.28. The van der Waals surface area contributed by atoms with E-state index in [1.807, 2.05) is 49.4 Å². The first kappa shape index (κ1) is 18.4. The fraction of sp³-hybridized carbons (Fsp3) is 0.190. The molecule has 6 heteroatoms. The first-order valence-electron chi connectivity index (χ1n) is 8.88. The Morgan fingerprint density at radius 1 is 0.926 bits per heavy atom. The molecule has 27 heavy (non-hydrogen) atoms. The molecule has 0 saturated carbocycles. The largest absolute Gasteiger partial charge is 0.340 e. The van der Waals surface area contributed by atoms with Crippen LogP contribution in [0.2, 0.25) is 0 Å². The lowest BCUT2D eigenvalue weighted by molar-refractivity contribution is -0.114. The van der Waals surface area contributed by atoms with E-state index in [9.17, 15) is 4.79 Å². The maximum Gasteiger partial charge on any atom is 0.229 e. The molecule has 1 amide bonds. The van der Waals surface area contributed by atoms with Crippen molar-refractivity contribution >= 4 is 34.7 Å². The summed E-state index contributed by atoms with van der Waals surface area (Å²) in [5.41, 5.74) is 4.63. The van der Waals surface area contributed by atoms with E-state index in [4.69, 9.17) is 0 Å². The van der Waals surface area contributed by atoms with Gasteiger partial charge in [-0.05, 0) is 49.2 Å². The van der Waals surface area contributed by atoms with Gasteiger partial charge in [-0.2, -0.15) is 4.98 Å². The van der Waals surface area contributed by atoms with Crippen molar-refractivity contribution in [2.45, 2.75) is 27.2 Å². The van der Waals surface area contributed by atoms with Crippen LogP contribution in [0.25, 0.3) is 0 Å². The maximum atomic E-state index is 11.2. The molecule has 0 saturated heterocycles. The maximum absolute atomic E-state index is 11.2. The number of hydrogen-bond acceptors (Lipinski definition) is 5. The van der Waals surface area contributed by atoms with Crippen molar-refractivity contribution in [2.24, 2.45) is 0 Å². The SMILES string of the molecule is CCc1ccc(Nc2nc(C)cc(Nc3cccc(NC(C)=O)c3)n2)cc1. The number of benzene rings is 2. The number of aryl methyl sites for hydroxylation is 2. The third-order valence-corrected chi connectivity index (χ3v) is 3.93. The Morgan fingerprint density at radius 2 is 1.67 bits per heavy atom. The highest BCUT2D eigenvalue weighted by Gasteiger charge is 2.05. The van der Waals surface area contributed by atoms with Crippen LogP contribution in [0, 0.1) is 6.92 Å². The molecule has 0 unspecified atom stereocenters. The van der Waals surface area contributed by atoms with Crippen molar-refractivity contribution < 1.29 is 4.79 Å². The smallest absolute Gasteiger partial charge is 0.229 e. The van der Waals surface area contributed by atoms with Crippen LogP contribution in [0.4, 0.5) is 28.8 Å². The standard InChI is InChI=1S/C21H23N5O/c1-4-16-8-10-17(11-9-16)25-21-22-14(2)12-20(26-21)24-19-7-5-6-18(13-19)23-15(3)27/h5-13H,4H2,1-3H3,(H,23,27)(H2,22,24,25,26). The van der Waals surface area contributed by atoms with Crippen molar-refractivity contribution in [3.63, 3.8) is 0 Å². The molecule has 1 aromatic heterocycles. The minimum atomic E-state index is -0.106. The zero-order valence-corrected chi connectivity index (χ0v) is 15.7. The van der Waals surface area contributed by atoms with Gasteiger partial charge in [-0.1, -0.05) is 25.1 Å². The van der Waals surface area contributed by atoms with E-state index in [2.05, 4.69) is 45.0 Å². The summed E-state index contributed by atoms with van der Waals surface area (Å²) in [7, 11) is 0. The highest BCUT2D eigenvalue weighted by molar-refractivity contribution is 5.89. The Hall–Kier alpha value is -3.41. The first-order chi connectivity index (χ1) is 13.0. The number of aromatic nitrogens is 2. The van der Waals surface area contributed by atoms with Crippen molar-refractivity contribution in [1.82, 2.24) is 9.97 Å². The third kappa shape index (κ3) is 5.28. The molecule has 0 bridgehead atoms. The van der Waals surface area contributed by atoms with Crippen molar-refractivity contribution in [2.75, 3.05) is 16.0 Å². The molecular formula is C21H23N5O. The summed E-state index contributed by atoms with van der Waals surface area (Å²) in [5.74, 6) is 1.10. The van der Waals surface area contributed by atoms with E-state index in [1.54, 1.807) is 0 Å². The second-order valence-electron chi connectivity index (χ2n) is 6.28. The number of nitrogens with one attached hydrogen (secondary N) is 3. The van der Waals surface area contributed by atoms with E-state index in [0.29, 0.717) is 11.8 Å². The predicted molar refractivity (Wildman–Crippen MR) is 110 cm³/mol. The van der Waals surface area contributed by atoms with Crippen LogP contribution >= 0.6 is 0 Å². The van der Waals surface area contributed by atoms with Gasteiger partial charge in [0.05, 0.1) is 0 Å². The fourth-order valence-electron chi connectivity index (χ4n) is 2.67. The molecule has 0 spiro atoms. The molecule has 6 nitrogen and oxygen atoms in total. The van der Waals surface area contributed by atoms with Crippen LogP contribution in [0.1, 0.15) is 25.1 Å². The molecule has 3 rings (SSSR count). The number of nitrogens with zero attached hydrogens (tertiary/aromatic N) is 2. The normalized spacial score (nSPS) is 10.3. The Morgan fingerprint density at radius 3 is 2.37 bits per heavy atom. The molecule has 138 valence electrons. The van der Waals surface area contributed by atoms with E-state index in [0.717, 1.165) is 29.2 Å². The summed E-state index contributed by atoms with van der Waals surface area (Å²) in [6, 6.07) is 17.6. The van der Waals surface area contributed by atoms with Gasteiger partial charge in [-0.15, -0.1) is 0 Å². The predicted octanol–water partition coefficient (Wildman–Crippen LogP) is 4.79. The average molecular weight is 361 g/mol. The van der Waals surface area contributed by atoms with Crippen LogP contribution in [0.15, 0.2) is 54.6 Å². The van der Waals surface area contributed by atoms with Crippen LogP contribution < -0.4 is 16.0 Å². The Kier molecular flexibility index (Phi) is 5.66. The number of amides is 1. The Balaban J connectivity index is 1.77. The molecule has 3 N–H and O–H groups in total. The van der Waals surface area contributed by atoms with Gasteiger partial charge in [-0.3, -0.25) is 4.79 Å². The van der Waals surface area contributed by atoms with Gasteiger partial charge in [0.1, 0.15) is 5.82 Å². The number of carbonyl (C=O) groups is 1. The first-order valence-corrected chi connectivity index (χ1v) is 8.88. The molecule has 0 atom stereocenters. The van der Waals surface area contributed by atoms with E-state index < -0.39 is 0 Å². The lowest BCUT2D eigenvalue weighted by atomic mass is 10.1. The quantitative estimate of drug-likeness (QED) is 0.588. The zero-order chi connectivity index (χ0) is 19.2. The molecule has 3 aromatic rings. The van der Waals surface area contributed by atoms with E-state index >= 15 is 0 Å². The van der Waals surface area contributed by atoms with Crippen molar-refractivity contribution in [1.29, 1.82) is 0 Å². The van der Waals surface area contributed by atoms with Gasteiger partial charge < -0.3 is 16.0 Å². The summed E-state index contributed by atoms with van der Waals surface area (Å²) in [6.07, 6.45) is 1.01. The number of carbonyl (C=O) groups excluding carboxylic acids is 1. The number of hydrogen-bond donors (Lipinski definition) is 3. The van der Waals surface area contributed by atoms with Crippen LogP contribution in [-0.2, 0) is 11.2 Å². The van der Waals surface area contributed by atoms with Gasteiger partial charge >= 0.3 is 0 Å². The van der Waals surface area contributed by atoms with Crippen LogP contribution in [0.3, 0.4) is 0 Å². The van der Waals surface area contributed by atoms with E-state index in [-0.39, 0.29) is 5.91 Å². The fourth-order valence-corrected chi connectivity index (χ4v) is 2.67. The molecule has 2 aromatic carbocycles. The molecule has 0 radical (unpaired) electrons. The minimum Gasteiger partial charge on any atom is -0.340 e. The minimum absolute atomic E-state index is 0.106. The number of rotatable bonds is 6. The Bertz CT molecular complexity index is 938. The summed E-state index contributed by atoms with van der Waals surface area (Å²) in [5, 5.41) is 9.27. The third-order valence-electron chi connectivity index (χ3n) is 3.93. The van der Waals surface area contributed by atoms with Crippen LogP contribution in [0.5, 0.6) is 0 Å². The highest BCUT2D eigenvalue weighted by atomic mass is 16.1. The lowest BCUT2D eigenvalue weighted by Gasteiger charge is -2.11. The lowest BCUT2D eigenvalue weighted by Crippen LogP contribution is -2.06. The van der Waals surface area contributed by atoms with E-state index in [1.165, 1.54) is 12.5 Å². The van der Waals surface area contributed by atoms with Gasteiger partial charge in [0.25, 0.3) is 0 Å². The van der Waals surface area contributed by atoms with Gasteiger partial charge in [-0.25, -0.2) is 4.98 Å². The zero-order valence-electron chi connectivity index (χ0n) is 15.7. The van der Waals surface area contributed by atoms with Gasteiger partial charge in [0, 0.05) is 35.7 Å². The monoisotopic (exact) mass is 361 g/mol. The topological polar surface area (TPSA) is 78.9 Å². The van der Waals surface area contributed by atoms with Crippen LogP contribution in [-0.4, -0.2) is 15.9 Å².